The highest BCUT2D eigenvalue weighted by Gasteiger charge is 2.29. The molecule has 0 amide bonds. The summed E-state index contributed by atoms with van der Waals surface area (Å²) in [7, 11) is 0. The first-order chi connectivity index (χ1) is 16.5. The highest BCUT2D eigenvalue weighted by molar-refractivity contribution is 5.44. The fourth-order valence-electron chi connectivity index (χ4n) is 5.44. The van der Waals surface area contributed by atoms with E-state index in [1.54, 1.807) is 5.57 Å². The van der Waals surface area contributed by atoms with Gasteiger partial charge in [-0.05, 0) is 73.6 Å². The van der Waals surface area contributed by atoms with Crippen LogP contribution in [-0.2, 0) is 19.4 Å². The Morgan fingerprint density at radius 1 is 1.12 bits per heavy atom. The second-order valence-electron chi connectivity index (χ2n) is 10.0. The van der Waals surface area contributed by atoms with Gasteiger partial charge in [-0.15, -0.1) is 5.10 Å². The third-order valence-corrected chi connectivity index (χ3v) is 7.53. The van der Waals surface area contributed by atoms with Crippen molar-refractivity contribution >= 4 is 5.78 Å². The molecule has 1 aliphatic carbocycles. The van der Waals surface area contributed by atoms with Crippen molar-refractivity contribution in [2.24, 2.45) is 11.8 Å². The number of aryl methyl sites for hydroxylation is 2. The third-order valence-electron chi connectivity index (χ3n) is 7.53. The molecular formula is C29H41N5. The largest absolute Gasteiger partial charge is 0.292 e. The van der Waals surface area contributed by atoms with Gasteiger partial charge in [-0.25, -0.2) is 9.50 Å². The van der Waals surface area contributed by atoms with E-state index >= 15 is 0 Å². The molecule has 4 rings (SSSR count). The fraction of sp³-hybridized carbons (Fsp3) is 0.552. The lowest BCUT2D eigenvalue weighted by Crippen LogP contribution is -2.35. The normalized spacial score (nSPS) is 22.5. The SMILES string of the molecule is C=C(/C=C/C=C/C)C1=C(C2CCC(C)CC2)CN(Cc2nc3nc(CC)cc(CC)n3n2)CC1. The Bertz CT molecular complexity index is 1100. The number of rotatable bonds is 8. The standard InChI is InChI=1S/C29H41N5/c1-6-9-10-11-22(5)26-16-17-33(19-27(26)23-14-12-21(4)13-15-23)20-28-31-29-30-24(7-2)18-25(8-3)34(29)32-28/h6,9-11,18,21,23H,5,7-8,12-17,19-20H2,1-4H3/b9-6+,11-10+. The summed E-state index contributed by atoms with van der Waals surface area (Å²) < 4.78 is 1.94. The van der Waals surface area contributed by atoms with Crippen LogP contribution in [-0.4, -0.2) is 37.6 Å². The molecule has 0 atom stereocenters. The van der Waals surface area contributed by atoms with Crippen LogP contribution >= 0.6 is 0 Å². The maximum atomic E-state index is 4.85. The van der Waals surface area contributed by atoms with Crippen LogP contribution in [0.4, 0.5) is 0 Å². The predicted octanol–water partition coefficient (Wildman–Crippen LogP) is 6.27. The summed E-state index contributed by atoms with van der Waals surface area (Å²) in [5, 5.41) is 4.85. The molecule has 0 radical (unpaired) electrons. The summed E-state index contributed by atoms with van der Waals surface area (Å²) in [5.74, 6) is 3.15. The maximum absolute atomic E-state index is 4.85. The van der Waals surface area contributed by atoms with Crippen LogP contribution in [0.3, 0.4) is 0 Å². The van der Waals surface area contributed by atoms with Gasteiger partial charge in [0, 0.05) is 24.5 Å². The molecule has 1 saturated carbocycles. The molecule has 1 aliphatic heterocycles. The van der Waals surface area contributed by atoms with Gasteiger partial charge in [-0.2, -0.15) is 4.98 Å². The average molecular weight is 460 g/mol. The smallest absolute Gasteiger partial charge is 0.252 e. The summed E-state index contributed by atoms with van der Waals surface area (Å²) in [6.07, 6.45) is 16.6. The van der Waals surface area contributed by atoms with Gasteiger partial charge in [0.05, 0.1) is 6.54 Å². The Morgan fingerprint density at radius 2 is 1.91 bits per heavy atom. The van der Waals surface area contributed by atoms with Gasteiger partial charge >= 0.3 is 0 Å². The predicted molar refractivity (Wildman–Crippen MR) is 141 cm³/mol. The molecule has 0 aromatic carbocycles. The van der Waals surface area contributed by atoms with Crippen LogP contribution in [0.5, 0.6) is 0 Å². The van der Waals surface area contributed by atoms with Crippen LogP contribution in [0.25, 0.3) is 5.78 Å². The summed E-state index contributed by atoms with van der Waals surface area (Å²) >= 11 is 0. The van der Waals surface area contributed by atoms with E-state index in [2.05, 4.69) is 69.5 Å². The Morgan fingerprint density at radius 3 is 2.62 bits per heavy atom. The fourth-order valence-corrected chi connectivity index (χ4v) is 5.44. The molecule has 2 aromatic rings. The molecule has 5 nitrogen and oxygen atoms in total. The molecular weight excluding hydrogens is 418 g/mol. The van der Waals surface area contributed by atoms with Gasteiger partial charge in [0.15, 0.2) is 5.82 Å². The molecule has 5 heteroatoms. The van der Waals surface area contributed by atoms with Gasteiger partial charge in [0.2, 0.25) is 0 Å². The number of allylic oxidation sites excluding steroid dienone is 5. The number of hydrogen-bond acceptors (Lipinski definition) is 4. The van der Waals surface area contributed by atoms with E-state index in [4.69, 9.17) is 15.1 Å². The summed E-state index contributed by atoms with van der Waals surface area (Å²) in [6.45, 7) is 16.0. The van der Waals surface area contributed by atoms with Crippen molar-refractivity contribution in [1.29, 1.82) is 0 Å². The van der Waals surface area contributed by atoms with Crippen LogP contribution in [0.1, 0.15) is 77.0 Å². The number of hydrogen-bond donors (Lipinski definition) is 0. The highest BCUT2D eigenvalue weighted by Crippen LogP contribution is 2.38. The van der Waals surface area contributed by atoms with Crippen molar-refractivity contribution in [2.75, 3.05) is 13.1 Å². The Hall–Kier alpha value is -2.53. The third kappa shape index (κ3) is 5.57. The van der Waals surface area contributed by atoms with Crippen molar-refractivity contribution in [2.45, 2.75) is 79.2 Å². The lowest BCUT2D eigenvalue weighted by molar-refractivity contribution is 0.239. The zero-order chi connectivity index (χ0) is 24.1. The molecule has 34 heavy (non-hydrogen) atoms. The molecule has 0 N–H and O–H groups in total. The lowest BCUT2D eigenvalue weighted by Gasteiger charge is -2.37. The first-order valence-corrected chi connectivity index (χ1v) is 13.2. The lowest BCUT2D eigenvalue weighted by atomic mass is 9.75. The van der Waals surface area contributed by atoms with Crippen LogP contribution in [0.2, 0.25) is 0 Å². The molecule has 2 aliphatic rings. The molecule has 0 bridgehead atoms. The summed E-state index contributed by atoms with van der Waals surface area (Å²) in [6, 6.07) is 2.16. The molecule has 0 unspecified atom stereocenters. The van der Waals surface area contributed by atoms with Gasteiger partial charge in [0.25, 0.3) is 5.78 Å². The highest BCUT2D eigenvalue weighted by atomic mass is 15.3. The van der Waals surface area contributed by atoms with Crippen molar-refractivity contribution in [3.05, 3.63) is 70.9 Å². The second kappa shape index (κ2) is 11.3. The van der Waals surface area contributed by atoms with Gasteiger partial charge in [-0.1, -0.05) is 64.5 Å². The van der Waals surface area contributed by atoms with Crippen molar-refractivity contribution in [3.63, 3.8) is 0 Å². The molecule has 182 valence electrons. The number of fused-ring (bicyclic) bond motifs is 1. The van der Waals surface area contributed by atoms with Gasteiger partial charge in [0.1, 0.15) is 0 Å². The van der Waals surface area contributed by atoms with Crippen LogP contribution in [0, 0.1) is 11.8 Å². The monoisotopic (exact) mass is 459 g/mol. The zero-order valence-electron chi connectivity index (χ0n) is 21.6. The summed E-state index contributed by atoms with van der Waals surface area (Å²) in [4.78, 5) is 12.1. The Balaban J connectivity index is 1.57. The minimum absolute atomic E-state index is 0.676. The van der Waals surface area contributed by atoms with Crippen molar-refractivity contribution < 1.29 is 0 Å². The van der Waals surface area contributed by atoms with Crippen LogP contribution < -0.4 is 0 Å². The minimum Gasteiger partial charge on any atom is -0.292 e. The number of aromatic nitrogens is 4. The Kier molecular flexibility index (Phi) is 8.15. The Labute approximate surface area is 205 Å². The summed E-state index contributed by atoms with van der Waals surface area (Å²) in [5.41, 5.74) is 6.55. The first kappa shape index (κ1) is 24.6. The van der Waals surface area contributed by atoms with Crippen molar-refractivity contribution in [1.82, 2.24) is 24.5 Å². The van der Waals surface area contributed by atoms with Gasteiger partial charge < -0.3 is 0 Å². The molecule has 0 spiro atoms. The van der Waals surface area contributed by atoms with Crippen LogP contribution in [0.15, 0.2) is 53.7 Å². The van der Waals surface area contributed by atoms with E-state index < -0.39 is 0 Å². The van der Waals surface area contributed by atoms with E-state index in [1.807, 2.05) is 4.52 Å². The first-order valence-electron chi connectivity index (χ1n) is 13.2. The zero-order valence-corrected chi connectivity index (χ0v) is 21.6. The second-order valence-corrected chi connectivity index (χ2v) is 10.0. The van der Waals surface area contributed by atoms with E-state index in [0.717, 1.165) is 62.1 Å². The molecule has 3 heterocycles. The van der Waals surface area contributed by atoms with E-state index in [9.17, 15) is 0 Å². The number of nitrogens with zero attached hydrogens (tertiary/aromatic N) is 5. The average Bonchev–Trinajstić information content (AvgIpc) is 3.26. The van der Waals surface area contributed by atoms with E-state index in [1.165, 1.54) is 42.5 Å². The van der Waals surface area contributed by atoms with E-state index in [-0.39, 0.29) is 0 Å². The van der Waals surface area contributed by atoms with E-state index in [0.29, 0.717) is 5.92 Å². The minimum atomic E-state index is 0.676. The molecule has 2 aromatic heterocycles. The van der Waals surface area contributed by atoms with Gasteiger partial charge in [-0.3, -0.25) is 4.90 Å². The molecule has 0 saturated heterocycles. The molecule has 1 fully saturated rings. The topological polar surface area (TPSA) is 46.3 Å². The quantitative estimate of drug-likeness (QED) is 0.437. The van der Waals surface area contributed by atoms with Crippen molar-refractivity contribution in [3.8, 4) is 0 Å². The maximum Gasteiger partial charge on any atom is 0.252 e.